The third-order valence-corrected chi connectivity index (χ3v) is 3.18. The van der Waals surface area contributed by atoms with E-state index < -0.39 is 7.82 Å². The number of phosphoric ester groups is 1. The summed E-state index contributed by atoms with van der Waals surface area (Å²) in [7, 11) is 1.60. The number of phosphoric acid groups is 1. The lowest BCUT2D eigenvalue weighted by Crippen LogP contribution is -2.37. The second-order valence-corrected chi connectivity index (χ2v) is 6.53. The van der Waals surface area contributed by atoms with Crippen LogP contribution in [0.5, 0.6) is 5.75 Å². The van der Waals surface area contributed by atoms with Crippen LogP contribution in [0.2, 0.25) is 0 Å². The van der Waals surface area contributed by atoms with Gasteiger partial charge in [-0.3, -0.25) is 4.57 Å². The van der Waals surface area contributed by atoms with Crippen molar-refractivity contribution < 1.29 is 23.0 Å². The van der Waals surface area contributed by atoms with Crippen LogP contribution in [0.4, 0.5) is 0 Å². The summed E-state index contributed by atoms with van der Waals surface area (Å²) < 4.78 is 21.8. The summed E-state index contributed by atoms with van der Waals surface area (Å²) >= 11 is 0. The fourth-order valence-electron chi connectivity index (χ4n) is 1.18. The van der Waals surface area contributed by atoms with E-state index >= 15 is 0 Å². The summed E-state index contributed by atoms with van der Waals surface area (Å²) in [5.74, 6) is 0.268. The molecular weight excluding hydrogens is 253 g/mol. The van der Waals surface area contributed by atoms with Gasteiger partial charge in [0.15, 0.2) is 0 Å². The smallest absolute Gasteiger partial charge is 0.319 e. The van der Waals surface area contributed by atoms with E-state index in [4.69, 9.17) is 9.05 Å². The van der Waals surface area contributed by atoms with Gasteiger partial charge >= 0.3 is 7.82 Å². The average molecular weight is 273 g/mol. The normalized spacial score (nSPS) is 15.2. The van der Waals surface area contributed by atoms with Crippen LogP contribution in [0, 0.1) is 6.92 Å². The lowest BCUT2D eigenvalue weighted by Gasteiger charge is -2.27. The maximum atomic E-state index is 11.5. The first-order valence-electron chi connectivity index (χ1n) is 5.70. The molecule has 0 bridgehead atoms. The van der Waals surface area contributed by atoms with E-state index in [9.17, 15) is 9.46 Å². The van der Waals surface area contributed by atoms with Crippen LogP contribution in [0.3, 0.4) is 0 Å². The molecule has 0 aliphatic rings. The van der Waals surface area contributed by atoms with E-state index in [2.05, 4.69) is 0 Å². The van der Waals surface area contributed by atoms with Gasteiger partial charge in [-0.05, 0) is 19.1 Å². The van der Waals surface area contributed by atoms with Crippen molar-refractivity contribution in [3.63, 3.8) is 0 Å². The van der Waals surface area contributed by atoms with Crippen molar-refractivity contribution in [3.05, 3.63) is 29.8 Å². The minimum atomic E-state index is -4.28. The molecule has 1 unspecified atom stereocenters. The molecule has 0 aliphatic heterocycles. The fraction of sp³-hybridized carbons (Fsp3) is 0.500. The van der Waals surface area contributed by atoms with Crippen LogP contribution in [0.1, 0.15) is 5.56 Å². The molecule has 0 radical (unpaired) electrons. The van der Waals surface area contributed by atoms with Gasteiger partial charge in [0.05, 0.1) is 21.1 Å². The zero-order valence-electron chi connectivity index (χ0n) is 11.3. The Hall–Kier alpha value is -0.870. The highest BCUT2D eigenvalue weighted by Gasteiger charge is 2.14. The number of likely N-dealkylation sites (N-methyl/N-ethyl adjacent to an activating group) is 1. The number of quaternary nitrogens is 1. The van der Waals surface area contributed by atoms with Gasteiger partial charge in [0.2, 0.25) is 0 Å². The summed E-state index contributed by atoms with van der Waals surface area (Å²) in [6.45, 7) is 2.61. The molecule has 0 amide bonds. The quantitative estimate of drug-likeness (QED) is 0.583. The number of nitrogens with zero attached hydrogens (tertiary/aromatic N) is 1. The van der Waals surface area contributed by atoms with Crippen molar-refractivity contribution in [2.45, 2.75) is 6.92 Å². The second-order valence-electron chi connectivity index (χ2n) is 5.20. The molecule has 1 rings (SSSR count). The highest BCUT2D eigenvalue weighted by Crippen LogP contribution is 2.39. The molecule has 0 saturated carbocycles. The highest BCUT2D eigenvalue weighted by atomic mass is 31.2. The summed E-state index contributed by atoms with van der Waals surface area (Å²) in [5.41, 5.74) is 1.04. The lowest BCUT2D eigenvalue weighted by atomic mass is 10.2. The van der Waals surface area contributed by atoms with E-state index in [0.29, 0.717) is 11.0 Å². The molecule has 1 aromatic rings. The van der Waals surface area contributed by atoms with Crippen LogP contribution in [-0.4, -0.2) is 38.8 Å². The predicted octanol–water partition coefficient (Wildman–Crippen LogP) is 1.57. The van der Waals surface area contributed by atoms with Crippen LogP contribution in [0.25, 0.3) is 0 Å². The molecule has 1 atom stereocenters. The molecule has 1 aromatic carbocycles. The average Bonchev–Trinajstić information content (AvgIpc) is 2.18. The van der Waals surface area contributed by atoms with E-state index in [1.807, 2.05) is 28.1 Å². The molecule has 0 aliphatic carbocycles. The zero-order valence-corrected chi connectivity index (χ0v) is 12.1. The molecule has 0 aromatic heterocycles. The maximum absolute atomic E-state index is 11.5. The molecule has 0 spiro atoms. The Morgan fingerprint density at radius 2 is 1.78 bits per heavy atom. The third-order valence-electron chi connectivity index (χ3n) is 2.25. The van der Waals surface area contributed by atoms with Crippen LogP contribution >= 0.6 is 7.82 Å². The Labute approximate surface area is 108 Å². The van der Waals surface area contributed by atoms with Gasteiger partial charge in [-0.15, -0.1) is 0 Å². The summed E-state index contributed by atoms with van der Waals surface area (Å²) in [6, 6.07) is 6.76. The van der Waals surface area contributed by atoms with Crippen molar-refractivity contribution in [2.75, 3.05) is 34.3 Å². The molecule has 0 heterocycles. The van der Waals surface area contributed by atoms with E-state index in [1.54, 1.807) is 24.3 Å². The maximum Gasteiger partial charge on any atom is 0.319 e. The molecule has 18 heavy (non-hydrogen) atoms. The van der Waals surface area contributed by atoms with Crippen LogP contribution < -0.4 is 9.42 Å². The number of aryl methyl sites for hydroxylation is 1. The van der Waals surface area contributed by atoms with Gasteiger partial charge < -0.3 is 18.4 Å². The number of benzene rings is 1. The van der Waals surface area contributed by atoms with Crippen molar-refractivity contribution in [1.82, 2.24) is 0 Å². The summed E-state index contributed by atoms with van der Waals surface area (Å²) in [5, 5.41) is 0. The largest absolute Gasteiger partial charge is 0.746 e. The molecular formula is C12H20NO4P. The van der Waals surface area contributed by atoms with Crippen molar-refractivity contribution in [2.24, 2.45) is 0 Å². The number of rotatable bonds is 6. The lowest BCUT2D eigenvalue weighted by molar-refractivity contribution is -0.870. The van der Waals surface area contributed by atoms with Crippen molar-refractivity contribution in [3.8, 4) is 5.75 Å². The molecule has 0 fully saturated rings. The highest BCUT2D eigenvalue weighted by molar-refractivity contribution is 7.46. The second kappa shape index (κ2) is 5.85. The van der Waals surface area contributed by atoms with Gasteiger partial charge in [-0.25, -0.2) is 0 Å². The number of hydrogen-bond acceptors (Lipinski definition) is 4. The van der Waals surface area contributed by atoms with Crippen molar-refractivity contribution >= 4 is 7.82 Å². The van der Waals surface area contributed by atoms with Gasteiger partial charge in [-0.2, -0.15) is 0 Å². The van der Waals surface area contributed by atoms with Gasteiger partial charge in [0, 0.05) is 0 Å². The third kappa shape index (κ3) is 6.17. The first-order chi connectivity index (χ1) is 8.18. The van der Waals surface area contributed by atoms with Crippen LogP contribution in [0.15, 0.2) is 24.3 Å². The molecule has 0 N–H and O–H groups in total. The Balaban J connectivity index is 2.49. The number of hydrogen-bond donors (Lipinski definition) is 0. The summed E-state index contributed by atoms with van der Waals surface area (Å²) in [4.78, 5) is 11.5. The molecule has 0 saturated heterocycles. The van der Waals surface area contributed by atoms with E-state index in [0.717, 1.165) is 5.56 Å². The minimum absolute atomic E-state index is 0.107. The minimum Gasteiger partial charge on any atom is -0.746 e. The van der Waals surface area contributed by atoms with Gasteiger partial charge in [0.25, 0.3) is 0 Å². The van der Waals surface area contributed by atoms with Crippen LogP contribution in [-0.2, 0) is 9.09 Å². The van der Waals surface area contributed by atoms with Gasteiger partial charge in [-0.1, -0.05) is 17.7 Å². The standard InChI is InChI=1S/C12H20NO4P/c1-11-5-7-12(8-6-11)17-18(14,15)16-10-9-13(2,3)4/h5-8H,9-10H2,1-4H3. The zero-order chi connectivity index (χ0) is 13.8. The van der Waals surface area contributed by atoms with Crippen molar-refractivity contribution in [1.29, 1.82) is 0 Å². The topological polar surface area (TPSA) is 58.6 Å². The first kappa shape index (κ1) is 15.2. The van der Waals surface area contributed by atoms with E-state index in [1.165, 1.54) is 0 Å². The fourth-order valence-corrected chi connectivity index (χ4v) is 1.92. The molecule has 102 valence electrons. The SMILES string of the molecule is Cc1ccc(OP(=O)([O-])OCC[N+](C)(C)C)cc1. The summed E-state index contributed by atoms with van der Waals surface area (Å²) in [6.07, 6.45) is 0. The monoisotopic (exact) mass is 273 g/mol. The molecule has 5 nitrogen and oxygen atoms in total. The Morgan fingerprint density at radius 3 is 2.28 bits per heavy atom. The predicted molar refractivity (Wildman–Crippen MR) is 68.3 cm³/mol. The van der Waals surface area contributed by atoms with E-state index in [-0.39, 0.29) is 12.4 Å². The Bertz CT molecular complexity index is 425. The first-order valence-corrected chi connectivity index (χ1v) is 7.16. The Kier molecular flexibility index (Phi) is 4.93. The molecule has 6 heteroatoms. The van der Waals surface area contributed by atoms with Gasteiger partial charge in [0.1, 0.15) is 18.9 Å². The Morgan fingerprint density at radius 1 is 1.22 bits per heavy atom.